The van der Waals surface area contributed by atoms with Gasteiger partial charge in [0.25, 0.3) is 5.91 Å². The van der Waals surface area contributed by atoms with Crippen LogP contribution in [0.1, 0.15) is 9.67 Å². The van der Waals surface area contributed by atoms with E-state index in [-0.39, 0.29) is 17.0 Å². The molecule has 0 radical (unpaired) electrons. The number of amides is 1. The Morgan fingerprint density at radius 1 is 1.67 bits per heavy atom. The standard InChI is InChI=1S/C10H13N3O4S/c14-10(8-1-2-9(18-8)13(15)16)12-5-7-6-17-4-3-11-7/h1-2,7,11H,3-6H2,(H,12,14). The topological polar surface area (TPSA) is 93.5 Å². The number of thiophene rings is 1. The fourth-order valence-electron chi connectivity index (χ4n) is 1.60. The molecule has 0 spiro atoms. The summed E-state index contributed by atoms with van der Waals surface area (Å²) in [6, 6.07) is 2.89. The second-order valence-electron chi connectivity index (χ2n) is 3.83. The van der Waals surface area contributed by atoms with Crippen LogP contribution in [0.3, 0.4) is 0 Å². The highest BCUT2D eigenvalue weighted by Crippen LogP contribution is 2.23. The van der Waals surface area contributed by atoms with E-state index < -0.39 is 4.92 Å². The Labute approximate surface area is 107 Å². The molecule has 0 aromatic carbocycles. The van der Waals surface area contributed by atoms with Gasteiger partial charge < -0.3 is 15.4 Å². The summed E-state index contributed by atoms with van der Waals surface area (Å²) in [4.78, 5) is 22.1. The summed E-state index contributed by atoms with van der Waals surface area (Å²) in [7, 11) is 0. The molecule has 1 atom stereocenters. The Morgan fingerprint density at radius 3 is 3.11 bits per heavy atom. The van der Waals surface area contributed by atoms with Crippen molar-refractivity contribution < 1.29 is 14.5 Å². The van der Waals surface area contributed by atoms with E-state index in [1.807, 2.05) is 0 Å². The third-order valence-electron chi connectivity index (χ3n) is 2.50. The summed E-state index contributed by atoms with van der Waals surface area (Å²) < 4.78 is 5.26. The first-order valence-electron chi connectivity index (χ1n) is 5.50. The third-order valence-corrected chi connectivity index (χ3v) is 3.54. The summed E-state index contributed by atoms with van der Waals surface area (Å²) in [5.41, 5.74) is 0. The molecule has 0 saturated carbocycles. The molecule has 1 aliphatic heterocycles. The van der Waals surface area contributed by atoms with Crippen molar-refractivity contribution in [2.45, 2.75) is 6.04 Å². The molecule has 1 amide bonds. The zero-order valence-corrected chi connectivity index (χ0v) is 10.4. The molecule has 2 rings (SSSR count). The average molecular weight is 271 g/mol. The normalized spacial score (nSPS) is 19.4. The largest absolute Gasteiger partial charge is 0.378 e. The molecule has 7 nitrogen and oxygen atoms in total. The molecule has 2 heterocycles. The Bertz CT molecular complexity index is 442. The van der Waals surface area contributed by atoms with Crippen molar-refractivity contribution in [3.63, 3.8) is 0 Å². The number of ether oxygens (including phenoxy) is 1. The average Bonchev–Trinajstić information content (AvgIpc) is 2.87. The van der Waals surface area contributed by atoms with Crippen LogP contribution in [-0.4, -0.2) is 43.2 Å². The number of hydrogen-bond acceptors (Lipinski definition) is 6. The highest BCUT2D eigenvalue weighted by molar-refractivity contribution is 7.17. The number of nitrogens with one attached hydrogen (secondary N) is 2. The molecule has 0 aliphatic carbocycles. The van der Waals surface area contributed by atoms with Crippen molar-refractivity contribution in [2.75, 3.05) is 26.3 Å². The van der Waals surface area contributed by atoms with Gasteiger partial charge in [0.1, 0.15) is 0 Å². The van der Waals surface area contributed by atoms with Gasteiger partial charge in [-0.3, -0.25) is 14.9 Å². The molecular formula is C10H13N3O4S. The zero-order chi connectivity index (χ0) is 13.0. The van der Waals surface area contributed by atoms with Gasteiger partial charge in [-0.25, -0.2) is 0 Å². The number of rotatable bonds is 4. The van der Waals surface area contributed by atoms with Crippen LogP contribution in [0.15, 0.2) is 12.1 Å². The van der Waals surface area contributed by atoms with E-state index in [0.717, 1.165) is 17.9 Å². The van der Waals surface area contributed by atoms with Gasteiger partial charge in [0.05, 0.1) is 23.0 Å². The number of nitro groups is 1. The van der Waals surface area contributed by atoms with Crippen molar-refractivity contribution in [3.8, 4) is 0 Å². The highest BCUT2D eigenvalue weighted by Gasteiger charge is 2.17. The maximum absolute atomic E-state index is 11.7. The van der Waals surface area contributed by atoms with Gasteiger partial charge in [0.2, 0.25) is 0 Å². The smallest absolute Gasteiger partial charge is 0.324 e. The van der Waals surface area contributed by atoms with Gasteiger partial charge >= 0.3 is 5.00 Å². The molecule has 1 aliphatic rings. The highest BCUT2D eigenvalue weighted by atomic mass is 32.1. The summed E-state index contributed by atoms with van der Waals surface area (Å²) in [6.07, 6.45) is 0. The number of nitrogens with zero attached hydrogens (tertiary/aromatic N) is 1. The van der Waals surface area contributed by atoms with Crippen LogP contribution in [0.25, 0.3) is 0 Å². The van der Waals surface area contributed by atoms with Crippen molar-refractivity contribution in [3.05, 3.63) is 27.1 Å². The Hall–Kier alpha value is -1.51. The zero-order valence-electron chi connectivity index (χ0n) is 9.55. The van der Waals surface area contributed by atoms with E-state index in [4.69, 9.17) is 4.74 Å². The van der Waals surface area contributed by atoms with E-state index in [2.05, 4.69) is 10.6 Å². The van der Waals surface area contributed by atoms with Crippen molar-refractivity contribution >= 4 is 22.2 Å². The fourth-order valence-corrected chi connectivity index (χ4v) is 2.34. The minimum atomic E-state index is -0.502. The molecule has 98 valence electrons. The molecule has 1 saturated heterocycles. The summed E-state index contributed by atoms with van der Waals surface area (Å²) >= 11 is 0.873. The lowest BCUT2D eigenvalue weighted by molar-refractivity contribution is -0.380. The Balaban J connectivity index is 1.84. The lowest BCUT2D eigenvalue weighted by Crippen LogP contribution is -2.48. The van der Waals surface area contributed by atoms with Gasteiger partial charge in [-0.15, -0.1) is 0 Å². The first-order chi connectivity index (χ1) is 8.66. The Kier molecular flexibility index (Phi) is 4.24. The van der Waals surface area contributed by atoms with Gasteiger partial charge in [-0.05, 0) is 6.07 Å². The van der Waals surface area contributed by atoms with Crippen LogP contribution in [0, 0.1) is 10.1 Å². The summed E-state index contributed by atoms with van der Waals surface area (Å²) in [6.45, 7) is 2.46. The van der Waals surface area contributed by atoms with E-state index in [1.165, 1.54) is 12.1 Å². The van der Waals surface area contributed by atoms with Gasteiger partial charge in [0.15, 0.2) is 0 Å². The van der Waals surface area contributed by atoms with E-state index in [9.17, 15) is 14.9 Å². The summed E-state index contributed by atoms with van der Waals surface area (Å²) in [5.74, 6) is -0.291. The molecule has 1 fully saturated rings. The van der Waals surface area contributed by atoms with Crippen LogP contribution < -0.4 is 10.6 Å². The third kappa shape index (κ3) is 3.25. The maximum atomic E-state index is 11.7. The van der Waals surface area contributed by atoms with Crippen LogP contribution in [0.5, 0.6) is 0 Å². The molecule has 1 unspecified atom stereocenters. The fraction of sp³-hybridized carbons (Fsp3) is 0.500. The predicted octanol–water partition coefficient (Wildman–Crippen LogP) is 0.375. The predicted molar refractivity (Wildman–Crippen MR) is 65.9 cm³/mol. The monoisotopic (exact) mass is 271 g/mol. The molecule has 0 bridgehead atoms. The minimum Gasteiger partial charge on any atom is -0.378 e. The van der Waals surface area contributed by atoms with Gasteiger partial charge in [-0.2, -0.15) is 0 Å². The number of carbonyl (C=O) groups is 1. The second kappa shape index (κ2) is 5.89. The molecule has 18 heavy (non-hydrogen) atoms. The van der Waals surface area contributed by atoms with Crippen LogP contribution >= 0.6 is 11.3 Å². The van der Waals surface area contributed by atoms with Crippen LogP contribution in [0.2, 0.25) is 0 Å². The molecule has 1 aromatic heterocycles. The SMILES string of the molecule is O=C(NCC1COCCN1)c1ccc([N+](=O)[O-])s1. The van der Waals surface area contributed by atoms with Crippen molar-refractivity contribution in [1.82, 2.24) is 10.6 Å². The maximum Gasteiger partial charge on any atom is 0.324 e. The minimum absolute atomic E-state index is 0.0284. The van der Waals surface area contributed by atoms with Crippen molar-refractivity contribution in [1.29, 1.82) is 0 Å². The van der Waals surface area contributed by atoms with Crippen molar-refractivity contribution in [2.24, 2.45) is 0 Å². The summed E-state index contributed by atoms with van der Waals surface area (Å²) in [5, 5.41) is 16.4. The van der Waals surface area contributed by atoms with Gasteiger partial charge in [0, 0.05) is 25.2 Å². The first kappa shape index (κ1) is 12.9. The Morgan fingerprint density at radius 2 is 2.50 bits per heavy atom. The number of carbonyl (C=O) groups excluding carboxylic acids is 1. The van der Waals surface area contributed by atoms with E-state index in [0.29, 0.717) is 24.6 Å². The molecule has 2 N–H and O–H groups in total. The molecule has 8 heteroatoms. The lowest BCUT2D eigenvalue weighted by Gasteiger charge is -2.23. The van der Waals surface area contributed by atoms with E-state index >= 15 is 0 Å². The number of morpholine rings is 1. The molecule has 1 aromatic rings. The first-order valence-corrected chi connectivity index (χ1v) is 6.32. The molecular weight excluding hydrogens is 258 g/mol. The second-order valence-corrected chi connectivity index (χ2v) is 4.89. The lowest BCUT2D eigenvalue weighted by atomic mass is 10.2. The van der Waals surface area contributed by atoms with Crippen LogP contribution in [-0.2, 0) is 4.74 Å². The number of hydrogen-bond donors (Lipinski definition) is 2. The van der Waals surface area contributed by atoms with E-state index in [1.54, 1.807) is 0 Å². The van der Waals surface area contributed by atoms with Crippen LogP contribution in [0.4, 0.5) is 5.00 Å². The quantitative estimate of drug-likeness (QED) is 0.609. The van der Waals surface area contributed by atoms with Gasteiger partial charge in [-0.1, -0.05) is 11.3 Å².